The number of fused-ring (bicyclic) bond motifs is 1. The van der Waals surface area contributed by atoms with Crippen molar-refractivity contribution in [2.45, 2.75) is 32.2 Å². The molecule has 0 spiro atoms. The zero-order valence-corrected chi connectivity index (χ0v) is 21.8. The lowest BCUT2D eigenvalue weighted by atomic mass is 9.98. The van der Waals surface area contributed by atoms with Crippen LogP contribution in [0.3, 0.4) is 0 Å². The Kier molecular flexibility index (Phi) is 8.40. The Morgan fingerprint density at radius 3 is 2.23 bits per heavy atom. The molecule has 0 saturated heterocycles. The number of nitrogens with one attached hydrogen (secondary N) is 2. The van der Waals surface area contributed by atoms with Crippen LogP contribution in [0.2, 0.25) is 0 Å². The van der Waals surface area contributed by atoms with Gasteiger partial charge in [0.1, 0.15) is 0 Å². The third kappa shape index (κ3) is 6.08. The summed E-state index contributed by atoms with van der Waals surface area (Å²) >= 11 is 0. The summed E-state index contributed by atoms with van der Waals surface area (Å²) in [7, 11) is 0. The molecule has 0 radical (unpaired) electrons. The molecule has 2 atom stereocenters. The van der Waals surface area contributed by atoms with Gasteiger partial charge in [0.25, 0.3) is 11.8 Å². The van der Waals surface area contributed by atoms with E-state index in [0.717, 1.165) is 43.0 Å². The molecule has 0 aliphatic rings. The number of benzene rings is 3. The molecule has 0 bridgehead atoms. The first kappa shape index (κ1) is 28.6. The molecule has 0 saturated carbocycles. The average Bonchev–Trinajstić information content (AvgIpc) is 3.43. The molecule has 3 aromatic carbocycles. The SMILES string of the molecule is CCN(CC)c1ccc(C(=O)NC(c2ccc(C(F)(F)F)cc2)C(O)C(=O)N(N)c2ccc3nc[nH]c3c2)cc1. The maximum Gasteiger partial charge on any atom is 0.416 e. The van der Waals surface area contributed by atoms with E-state index in [9.17, 15) is 27.9 Å². The lowest BCUT2D eigenvalue weighted by molar-refractivity contribution is -0.137. The van der Waals surface area contributed by atoms with Gasteiger partial charge in [-0.1, -0.05) is 12.1 Å². The van der Waals surface area contributed by atoms with Gasteiger partial charge in [0, 0.05) is 24.3 Å². The standard InChI is InChI=1S/C28H29F3N6O3/c1-3-36(4-2)20-11-7-18(8-12-20)26(39)35-24(17-5-9-19(10-6-17)28(29,30)31)25(38)27(40)37(32)21-13-14-22-23(15-21)34-16-33-22/h5-16,24-25,38H,3-4,32H2,1-2H3,(H,33,34)(H,35,39). The smallest absolute Gasteiger partial charge is 0.381 e. The van der Waals surface area contributed by atoms with Crippen molar-refractivity contribution in [3.8, 4) is 0 Å². The van der Waals surface area contributed by atoms with Crippen LogP contribution in [0.15, 0.2) is 73.1 Å². The molecule has 4 aromatic rings. The number of rotatable bonds is 9. The minimum atomic E-state index is -4.59. The van der Waals surface area contributed by atoms with Gasteiger partial charge >= 0.3 is 6.18 Å². The minimum Gasteiger partial charge on any atom is -0.381 e. The Bertz CT molecular complexity index is 1470. The summed E-state index contributed by atoms with van der Waals surface area (Å²) in [5.74, 6) is 4.41. The van der Waals surface area contributed by atoms with Gasteiger partial charge in [0.15, 0.2) is 6.10 Å². The molecule has 0 fully saturated rings. The Balaban J connectivity index is 1.62. The number of halogens is 3. The van der Waals surface area contributed by atoms with Gasteiger partial charge in [-0.05, 0) is 74.0 Å². The second-order valence-electron chi connectivity index (χ2n) is 9.05. The van der Waals surface area contributed by atoms with Crippen molar-refractivity contribution in [2.75, 3.05) is 23.0 Å². The van der Waals surface area contributed by atoms with Crippen molar-refractivity contribution in [2.24, 2.45) is 5.84 Å². The Morgan fingerprint density at radius 1 is 1.00 bits per heavy atom. The van der Waals surface area contributed by atoms with Crippen LogP contribution in [-0.4, -0.2) is 46.1 Å². The van der Waals surface area contributed by atoms with Gasteiger partial charge in [0.05, 0.1) is 34.7 Å². The molecule has 4 rings (SSSR count). The second-order valence-corrected chi connectivity index (χ2v) is 9.05. The van der Waals surface area contributed by atoms with Crippen LogP contribution in [-0.2, 0) is 11.0 Å². The highest BCUT2D eigenvalue weighted by Gasteiger charge is 2.34. The molecule has 210 valence electrons. The fourth-order valence-electron chi connectivity index (χ4n) is 4.35. The number of hydrazine groups is 1. The van der Waals surface area contributed by atoms with Crippen LogP contribution < -0.4 is 21.1 Å². The zero-order chi connectivity index (χ0) is 29.0. The molecule has 12 heteroatoms. The summed E-state index contributed by atoms with van der Waals surface area (Å²) in [5.41, 5.74) is 1.76. The van der Waals surface area contributed by atoms with Gasteiger partial charge in [-0.25, -0.2) is 15.8 Å². The van der Waals surface area contributed by atoms with Crippen LogP contribution in [0.4, 0.5) is 24.5 Å². The highest BCUT2D eigenvalue weighted by molar-refractivity contribution is 5.99. The lowest BCUT2D eigenvalue weighted by Gasteiger charge is -2.28. The largest absolute Gasteiger partial charge is 0.416 e. The lowest BCUT2D eigenvalue weighted by Crippen LogP contribution is -2.50. The van der Waals surface area contributed by atoms with Gasteiger partial charge in [0.2, 0.25) is 0 Å². The predicted octanol–water partition coefficient (Wildman–Crippen LogP) is 4.17. The number of hydrogen-bond donors (Lipinski definition) is 4. The van der Waals surface area contributed by atoms with E-state index in [2.05, 4.69) is 20.2 Å². The maximum atomic E-state index is 13.3. The number of nitrogens with zero attached hydrogens (tertiary/aromatic N) is 3. The summed E-state index contributed by atoms with van der Waals surface area (Å²) in [4.78, 5) is 35.5. The minimum absolute atomic E-state index is 0.0828. The van der Waals surface area contributed by atoms with Gasteiger partial charge in [-0.15, -0.1) is 0 Å². The first-order valence-electron chi connectivity index (χ1n) is 12.6. The third-order valence-electron chi connectivity index (χ3n) is 6.63. The van der Waals surface area contributed by atoms with E-state index in [-0.39, 0.29) is 16.8 Å². The number of alkyl halides is 3. The van der Waals surface area contributed by atoms with E-state index < -0.39 is 35.7 Å². The van der Waals surface area contributed by atoms with E-state index in [1.807, 2.05) is 13.8 Å². The van der Waals surface area contributed by atoms with Crippen LogP contribution in [0.5, 0.6) is 0 Å². The number of imidazole rings is 1. The van der Waals surface area contributed by atoms with Gasteiger partial charge < -0.3 is 20.3 Å². The molecule has 1 heterocycles. The predicted molar refractivity (Wildman–Crippen MR) is 145 cm³/mol. The normalized spacial score (nSPS) is 13.1. The number of amides is 2. The van der Waals surface area contributed by atoms with E-state index in [1.165, 1.54) is 12.4 Å². The number of nitrogens with two attached hydrogens (primary N) is 1. The van der Waals surface area contributed by atoms with E-state index in [1.54, 1.807) is 36.4 Å². The molecule has 9 nitrogen and oxygen atoms in total. The van der Waals surface area contributed by atoms with E-state index in [0.29, 0.717) is 16.0 Å². The van der Waals surface area contributed by atoms with Crippen molar-refractivity contribution >= 4 is 34.2 Å². The fraction of sp³-hybridized carbons (Fsp3) is 0.250. The van der Waals surface area contributed by atoms with Crippen molar-refractivity contribution in [1.82, 2.24) is 15.3 Å². The van der Waals surface area contributed by atoms with Crippen molar-refractivity contribution in [3.63, 3.8) is 0 Å². The number of aromatic amines is 1. The topological polar surface area (TPSA) is 128 Å². The molecule has 0 aliphatic heterocycles. The first-order valence-corrected chi connectivity index (χ1v) is 12.6. The fourth-order valence-corrected chi connectivity index (χ4v) is 4.35. The number of carbonyl (C=O) groups is 2. The number of hydrogen-bond acceptors (Lipinski definition) is 6. The third-order valence-corrected chi connectivity index (χ3v) is 6.63. The second kappa shape index (κ2) is 11.8. The number of H-pyrrole nitrogens is 1. The summed E-state index contributed by atoms with van der Waals surface area (Å²) in [6.45, 7) is 5.56. The average molecular weight is 555 g/mol. The number of aliphatic hydroxyl groups is 1. The molecular formula is C28H29F3N6O3. The van der Waals surface area contributed by atoms with Crippen molar-refractivity contribution in [3.05, 3.63) is 89.7 Å². The van der Waals surface area contributed by atoms with Crippen LogP contribution in [0.1, 0.15) is 41.4 Å². The summed E-state index contributed by atoms with van der Waals surface area (Å²) in [6.07, 6.45) is -5.05. The Labute approximate surface area is 228 Å². The maximum absolute atomic E-state index is 13.3. The van der Waals surface area contributed by atoms with E-state index >= 15 is 0 Å². The number of aromatic nitrogens is 2. The van der Waals surface area contributed by atoms with Crippen molar-refractivity contribution in [1.29, 1.82) is 0 Å². The monoisotopic (exact) mass is 554 g/mol. The molecule has 1 aromatic heterocycles. The number of aliphatic hydroxyl groups excluding tert-OH is 1. The van der Waals surface area contributed by atoms with Crippen molar-refractivity contribution < 1.29 is 27.9 Å². The number of carbonyl (C=O) groups excluding carboxylic acids is 2. The Hall–Kier alpha value is -4.42. The van der Waals surface area contributed by atoms with Crippen LogP contribution in [0.25, 0.3) is 11.0 Å². The summed E-state index contributed by atoms with van der Waals surface area (Å²) < 4.78 is 39.5. The Morgan fingerprint density at radius 2 is 1.62 bits per heavy atom. The summed E-state index contributed by atoms with van der Waals surface area (Å²) in [5, 5.41) is 14.4. The summed E-state index contributed by atoms with van der Waals surface area (Å²) in [6, 6.07) is 13.8. The highest BCUT2D eigenvalue weighted by Crippen LogP contribution is 2.31. The molecule has 0 aliphatic carbocycles. The van der Waals surface area contributed by atoms with Crippen LogP contribution >= 0.6 is 0 Å². The molecule has 2 amide bonds. The number of anilines is 2. The molecular weight excluding hydrogens is 525 g/mol. The quantitative estimate of drug-likeness (QED) is 0.140. The highest BCUT2D eigenvalue weighted by atomic mass is 19.4. The van der Waals surface area contributed by atoms with Gasteiger partial charge in [-0.3, -0.25) is 9.59 Å². The van der Waals surface area contributed by atoms with Crippen LogP contribution in [0, 0.1) is 0 Å². The van der Waals surface area contributed by atoms with Gasteiger partial charge in [-0.2, -0.15) is 13.2 Å². The zero-order valence-electron chi connectivity index (χ0n) is 21.8. The van der Waals surface area contributed by atoms with E-state index in [4.69, 9.17) is 5.84 Å². The molecule has 2 unspecified atom stereocenters. The molecule has 5 N–H and O–H groups in total. The first-order chi connectivity index (χ1) is 19.0. The molecule has 40 heavy (non-hydrogen) atoms.